The monoisotopic (exact) mass is 289 g/mol. The van der Waals surface area contributed by atoms with Crippen LogP contribution in [-0.2, 0) is 0 Å². The van der Waals surface area contributed by atoms with Crippen molar-refractivity contribution >= 4 is 11.6 Å². The molecular formula is C15H23N5O. The van der Waals surface area contributed by atoms with Gasteiger partial charge in [0.25, 0.3) is 0 Å². The van der Waals surface area contributed by atoms with Gasteiger partial charge in [0, 0.05) is 18.5 Å². The number of rotatable bonds is 5. The minimum Gasteiger partial charge on any atom is -0.444 e. The zero-order valence-electron chi connectivity index (χ0n) is 13.5. The van der Waals surface area contributed by atoms with Crippen LogP contribution < -0.4 is 10.6 Å². The normalized spacial score (nSPS) is 12.5. The van der Waals surface area contributed by atoms with Crippen molar-refractivity contribution in [3.05, 3.63) is 29.2 Å². The molecule has 0 aliphatic heterocycles. The van der Waals surface area contributed by atoms with Crippen LogP contribution >= 0.6 is 0 Å². The molecule has 0 saturated carbocycles. The summed E-state index contributed by atoms with van der Waals surface area (Å²) in [4.78, 5) is 13.4. The summed E-state index contributed by atoms with van der Waals surface area (Å²) in [6.45, 7) is 10.0. The Labute approximate surface area is 125 Å². The summed E-state index contributed by atoms with van der Waals surface area (Å²) < 4.78 is 5.56. The lowest BCUT2D eigenvalue weighted by Crippen LogP contribution is -2.13. The highest BCUT2D eigenvalue weighted by atomic mass is 16.4. The van der Waals surface area contributed by atoms with Crippen molar-refractivity contribution in [2.45, 2.75) is 46.6 Å². The van der Waals surface area contributed by atoms with Gasteiger partial charge in [-0.1, -0.05) is 13.8 Å². The summed E-state index contributed by atoms with van der Waals surface area (Å²) in [5, 5.41) is 6.48. The van der Waals surface area contributed by atoms with Crippen LogP contribution in [0.5, 0.6) is 0 Å². The molecule has 0 fully saturated rings. The van der Waals surface area contributed by atoms with Gasteiger partial charge in [0.2, 0.25) is 5.89 Å². The first-order valence-electron chi connectivity index (χ1n) is 7.17. The van der Waals surface area contributed by atoms with Gasteiger partial charge in [0.05, 0.1) is 6.20 Å². The average molecular weight is 289 g/mol. The Bertz CT molecular complexity index is 621. The maximum atomic E-state index is 5.56. The van der Waals surface area contributed by atoms with Gasteiger partial charge in [-0.3, -0.25) is 0 Å². The Morgan fingerprint density at radius 1 is 1.10 bits per heavy atom. The largest absolute Gasteiger partial charge is 0.444 e. The molecule has 0 bridgehead atoms. The Hall–Kier alpha value is -2.11. The van der Waals surface area contributed by atoms with E-state index in [0.29, 0.717) is 5.89 Å². The summed E-state index contributed by atoms with van der Waals surface area (Å²) in [5.74, 6) is 4.17. The third-order valence-electron chi connectivity index (χ3n) is 3.28. The molecule has 6 heteroatoms. The first-order chi connectivity index (χ1) is 9.92. The van der Waals surface area contributed by atoms with E-state index in [1.165, 1.54) is 0 Å². The number of hydrogen-bond donors (Lipinski definition) is 2. The number of oxazole rings is 1. The van der Waals surface area contributed by atoms with Crippen molar-refractivity contribution in [2.75, 3.05) is 17.7 Å². The Kier molecular flexibility index (Phi) is 4.45. The number of hydrogen-bond acceptors (Lipinski definition) is 6. The second-order valence-corrected chi connectivity index (χ2v) is 5.48. The second kappa shape index (κ2) is 6.11. The highest BCUT2D eigenvalue weighted by Crippen LogP contribution is 2.26. The third kappa shape index (κ3) is 3.32. The Morgan fingerprint density at radius 2 is 1.76 bits per heavy atom. The van der Waals surface area contributed by atoms with E-state index < -0.39 is 0 Å². The second-order valence-electron chi connectivity index (χ2n) is 5.48. The minimum absolute atomic E-state index is 0.0583. The Morgan fingerprint density at radius 3 is 2.29 bits per heavy atom. The molecule has 0 aromatic carbocycles. The van der Waals surface area contributed by atoms with E-state index in [-0.39, 0.29) is 12.0 Å². The molecule has 6 nitrogen and oxygen atoms in total. The van der Waals surface area contributed by atoms with E-state index in [2.05, 4.69) is 39.4 Å². The van der Waals surface area contributed by atoms with Gasteiger partial charge in [-0.05, 0) is 20.8 Å². The molecule has 0 aliphatic carbocycles. The van der Waals surface area contributed by atoms with Crippen molar-refractivity contribution in [1.29, 1.82) is 0 Å². The standard InChI is InChI=1S/C15H23N5O/c1-8(2)12-19-13(16-6)10(4)14(20-12)18-11(5)15-17-7-9(3)21-15/h7-8,11H,1-6H3,(H2,16,18,19,20). The molecular weight excluding hydrogens is 266 g/mol. The minimum atomic E-state index is -0.0583. The van der Waals surface area contributed by atoms with Crippen LogP contribution in [0.3, 0.4) is 0 Å². The highest BCUT2D eigenvalue weighted by molar-refractivity contribution is 5.57. The van der Waals surface area contributed by atoms with Crippen molar-refractivity contribution in [2.24, 2.45) is 0 Å². The Balaban J connectivity index is 2.32. The predicted octanol–water partition coefficient (Wildman–Crippen LogP) is 3.42. The van der Waals surface area contributed by atoms with Gasteiger partial charge in [0.15, 0.2) is 0 Å². The quantitative estimate of drug-likeness (QED) is 0.878. The molecule has 0 radical (unpaired) electrons. The lowest BCUT2D eigenvalue weighted by molar-refractivity contribution is 0.453. The number of nitrogens with one attached hydrogen (secondary N) is 2. The molecule has 1 atom stereocenters. The third-order valence-corrected chi connectivity index (χ3v) is 3.28. The molecule has 2 N–H and O–H groups in total. The molecule has 2 aromatic rings. The summed E-state index contributed by atoms with van der Waals surface area (Å²) >= 11 is 0. The number of anilines is 2. The van der Waals surface area contributed by atoms with Gasteiger partial charge in [-0.15, -0.1) is 0 Å². The van der Waals surface area contributed by atoms with Crippen LogP contribution in [0.1, 0.15) is 55.8 Å². The summed E-state index contributed by atoms with van der Waals surface area (Å²) in [6.07, 6.45) is 1.72. The molecule has 21 heavy (non-hydrogen) atoms. The molecule has 114 valence electrons. The van der Waals surface area contributed by atoms with Crippen LogP contribution in [0, 0.1) is 13.8 Å². The summed E-state index contributed by atoms with van der Waals surface area (Å²) in [7, 11) is 1.87. The lowest BCUT2D eigenvalue weighted by atomic mass is 10.2. The lowest BCUT2D eigenvalue weighted by Gasteiger charge is -2.17. The SMILES string of the molecule is CNc1nc(C(C)C)nc(NC(C)c2ncc(C)o2)c1C. The molecule has 0 spiro atoms. The summed E-state index contributed by atoms with van der Waals surface area (Å²) in [6, 6.07) is -0.0583. The van der Waals surface area contributed by atoms with Gasteiger partial charge in [-0.25, -0.2) is 15.0 Å². The number of nitrogens with zero attached hydrogens (tertiary/aromatic N) is 3. The summed E-state index contributed by atoms with van der Waals surface area (Å²) in [5.41, 5.74) is 0.983. The van der Waals surface area contributed by atoms with Gasteiger partial charge in [-0.2, -0.15) is 0 Å². The van der Waals surface area contributed by atoms with Crippen molar-refractivity contribution < 1.29 is 4.42 Å². The topological polar surface area (TPSA) is 75.9 Å². The fourth-order valence-corrected chi connectivity index (χ4v) is 2.02. The fraction of sp³-hybridized carbons (Fsp3) is 0.533. The van der Waals surface area contributed by atoms with Crippen molar-refractivity contribution in [1.82, 2.24) is 15.0 Å². The predicted molar refractivity (Wildman–Crippen MR) is 83.7 cm³/mol. The zero-order valence-corrected chi connectivity index (χ0v) is 13.5. The molecule has 2 aromatic heterocycles. The van der Waals surface area contributed by atoms with Crippen molar-refractivity contribution in [3.8, 4) is 0 Å². The van der Waals surface area contributed by atoms with Gasteiger partial charge in [0.1, 0.15) is 29.3 Å². The molecule has 1 unspecified atom stereocenters. The van der Waals surface area contributed by atoms with Gasteiger partial charge >= 0.3 is 0 Å². The number of aryl methyl sites for hydroxylation is 1. The molecule has 0 saturated heterocycles. The maximum Gasteiger partial charge on any atom is 0.216 e. The molecule has 2 rings (SSSR count). The fourth-order valence-electron chi connectivity index (χ4n) is 2.02. The van der Waals surface area contributed by atoms with E-state index in [9.17, 15) is 0 Å². The first kappa shape index (κ1) is 15.3. The van der Waals surface area contributed by atoms with Crippen LogP contribution in [0.15, 0.2) is 10.6 Å². The molecule has 0 amide bonds. The van der Waals surface area contributed by atoms with Crippen LogP contribution in [0.2, 0.25) is 0 Å². The van der Waals surface area contributed by atoms with Gasteiger partial charge < -0.3 is 15.1 Å². The number of aromatic nitrogens is 3. The maximum absolute atomic E-state index is 5.56. The van der Waals surface area contributed by atoms with E-state index in [1.54, 1.807) is 6.20 Å². The average Bonchev–Trinajstić information content (AvgIpc) is 2.87. The smallest absolute Gasteiger partial charge is 0.216 e. The van der Waals surface area contributed by atoms with Crippen molar-refractivity contribution in [3.63, 3.8) is 0 Å². The van der Waals surface area contributed by atoms with E-state index in [1.807, 2.05) is 27.8 Å². The first-order valence-corrected chi connectivity index (χ1v) is 7.17. The highest BCUT2D eigenvalue weighted by Gasteiger charge is 2.17. The zero-order chi connectivity index (χ0) is 15.6. The van der Waals surface area contributed by atoms with Crippen LogP contribution in [-0.4, -0.2) is 22.0 Å². The molecule has 2 heterocycles. The van der Waals surface area contributed by atoms with E-state index >= 15 is 0 Å². The van der Waals surface area contributed by atoms with Crippen LogP contribution in [0.4, 0.5) is 11.6 Å². The van der Waals surface area contributed by atoms with E-state index in [0.717, 1.165) is 28.8 Å². The van der Waals surface area contributed by atoms with Crippen LogP contribution in [0.25, 0.3) is 0 Å². The molecule has 0 aliphatic rings. The van der Waals surface area contributed by atoms with E-state index in [4.69, 9.17) is 4.42 Å².